The number of amides is 2. The van der Waals surface area contributed by atoms with Crippen molar-refractivity contribution in [3.05, 3.63) is 89.6 Å². The van der Waals surface area contributed by atoms with Crippen molar-refractivity contribution in [2.75, 3.05) is 16.4 Å². The summed E-state index contributed by atoms with van der Waals surface area (Å²) in [6.07, 6.45) is 1.27. The summed E-state index contributed by atoms with van der Waals surface area (Å²) in [5.41, 5.74) is 2.70. The van der Waals surface area contributed by atoms with E-state index in [1.165, 1.54) is 23.1 Å². The molecule has 8 nitrogen and oxygen atoms in total. The lowest BCUT2D eigenvalue weighted by Crippen LogP contribution is -2.15. The molecular formula is C24H22N6O2S2. The van der Waals surface area contributed by atoms with E-state index in [4.69, 9.17) is 0 Å². The number of carbonyl (C=O) groups is 2. The monoisotopic (exact) mass is 490 g/mol. The first-order valence-corrected chi connectivity index (χ1v) is 12.4. The number of nitrogens with zero attached hydrogens (tertiary/aromatic N) is 4. The van der Waals surface area contributed by atoms with Crippen LogP contribution >= 0.6 is 23.1 Å². The highest BCUT2D eigenvalue weighted by atomic mass is 32.2. The fourth-order valence-electron chi connectivity index (χ4n) is 3.03. The second-order valence-corrected chi connectivity index (χ2v) is 9.62. The molecule has 4 rings (SSSR count). The Morgan fingerprint density at radius 2 is 1.38 bits per heavy atom. The standard InChI is InChI=1S/C24H22N6O2S2/c31-21(15-17-7-3-1-4-8-17)25-20-12-11-19(27-28-20)13-14-33-24-30-29-23(34-24)26-22(32)16-18-9-5-2-6-10-18/h1-12H,13-16H2,(H,25,28,31)(H,26,29,32). The summed E-state index contributed by atoms with van der Waals surface area (Å²) in [6, 6.07) is 22.7. The molecule has 34 heavy (non-hydrogen) atoms. The predicted molar refractivity (Wildman–Crippen MR) is 134 cm³/mol. The van der Waals surface area contributed by atoms with Gasteiger partial charge in [0.1, 0.15) is 0 Å². The van der Waals surface area contributed by atoms with Gasteiger partial charge in [-0.1, -0.05) is 83.8 Å². The Morgan fingerprint density at radius 3 is 2.00 bits per heavy atom. The van der Waals surface area contributed by atoms with Crippen LogP contribution in [-0.2, 0) is 28.9 Å². The molecule has 2 N–H and O–H groups in total. The van der Waals surface area contributed by atoms with E-state index in [-0.39, 0.29) is 18.2 Å². The van der Waals surface area contributed by atoms with Crippen LogP contribution in [0.15, 0.2) is 77.1 Å². The van der Waals surface area contributed by atoms with Crippen molar-refractivity contribution in [2.24, 2.45) is 0 Å². The van der Waals surface area contributed by atoms with Gasteiger partial charge in [0.2, 0.25) is 16.9 Å². The lowest BCUT2D eigenvalue weighted by molar-refractivity contribution is -0.116. The number of aromatic nitrogens is 4. The maximum Gasteiger partial charge on any atom is 0.230 e. The molecule has 2 heterocycles. The number of thioether (sulfide) groups is 1. The van der Waals surface area contributed by atoms with Gasteiger partial charge >= 0.3 is 0 Å². The van der Waals surface area contributed by atoms with Gasteiger partial charge in [-0.3, -0.25) is 9.59 Å². The van der Waals surface area contributed by atoms with Crippen LogP contribution in [-0.4, -0.2) is 38.0 Å². The third-order valence-corrected chi connectivity index (χ3v) is 6.61. The Hall–Kier alpha value is -3.63. The summed E-state index contributed by atoms with van der Waals surface area (Å²) in [5, 5.41) is 22.5. The Morgan fingerprint density at radius 1 is 0.735 bits per heavy atom. The Kier molecular flexibility index (Phi) is 8.31. The van der Waals surface area contributed by atoms with Crippen LogP contribution < -0.4 is 10.6 Å². The Labute approximate surface area is 205 Å². The minimum atomic E-state index is -0.133. The number of aryl methyl sites for hydroxylation is 1. The van der Waals surface area contributed by atoms with Crippen LogP contribution in [0, 0.1) is 0 Å². The maximum atomic E-state index is 12.2. The first-order chi connectivity index (χ1) is 16.6. The second kappa shape index (κ2) is 12.0. The van der Waals surface area contributed by atoms with Crippen LogP contribution in [0.3, 0.4) is 0 Å². The smallest absolute Gasteiger partial charge is 0.230 e. The van der Waals surface area contributed by atoms with Crippen molar-refractivity contribution in [2.45, 2.75) is 23.6 Å². The molecule has 0 atom stereocenters. The van der Waals surface area contributed by atoms with Crippen molar-refractivity contribution in [3.8, 4) is 0 Å². The first kappa shape index (κ1) is 23.5. The summed E-state index contributed by atoms with van der Waals surface area (Å²) in [7, 11) is 0. The lowest BCUT2D eigenvalue weighted by atomic mass is 10.1. The lowest BCUT2D eigenvalue weighted by Gasteiger charge is -2.05. The first-order valence-electron chi connectivity index (χ1n) is 10.6. The predicted octanol–water partition coefficient (Wildman–Crippen LogP) is 4.03. The van der Waals surface area contributed by atoms with Crippen molar-refractivity contribution in [1.82, 2.24) is 20.4 Å². The van der Waals surface area contributed by atoms with Crippen LogP contribution in [0.25, 0.3) is 0 Å². The topological polar surface area (TPSA) is 110 Å². The molecule has 2 amide bonds. The summed E-state index contributed by atoms with van der Waals surface area (Å²) in [4.78, 5) is 24.3. The fraction of sp³-hybridized carbons (Fsp3) is 0.167. The number of benzene rings is 2. The normalized spacial score (nSPS) is 10.6. The molecule has 0 unspecified atom stereocenters. The molecule has 0 bridgehead atoms. The van der Waals surface area contributed by atoms with Gasteiger partial charge in [0.05, 0.1) is 18.5 Å². The number of anilines is 2. The van der Waals surface area contributed by atoms with Crippen molar-refractivity contribution in [3.63, 3.8) is 0 Å². The van der Waals surface area contributed by atoms with Crippen LogP contribution in [0.4, 0.5) is 10.9 Å². The fourth-order valence-corrected chi connectivity index (χ4v) is 4.83. The molecule has 0 saturated carbocycles. The molecule has 2 aromatic heterocycles. The largest absolute Gasteiger partial charge is 0.309 e. The summed E-state index contributed by atoms with van der Waals surface area (Å²) in [5.74, 6) is 0.912. The van der Waals surface area contributed by atoms with Crippen molar-refractivity contribution >= 4 is 45.9 Å². The van der Waals surface area contributed by atoms with Crippen LogP contribution in [0.5, 0.6) is 0 Å². The molecule has 0 aliphatic heterocycles. The number of carbonyl (C=O) groups excluding carboxylic acids is 2. The Bertz CT molecular complexity index is 1220. The average Bonchev–Trinajstić information content (AvgIpc) is 3.28. The highest BCUT2D eigenvalue weighted by Gasteiger charge is 2.10. The number of rotatable bonds is 10. The number of hydrogen-bond acceptors (Lipinski definition) is 8. The number of nitrogens with one attached hydrogen (secondary N) is 2. The van der Waals surface area contributed by atoms with Crippen LogP contribution in [0.1, 0.15) is 16.8 Å². The van der Waals surface area contributed by atoms with Crippen molar-refractivity contribution < 1.29 is 9.59 Å². The van der Waals surface area contributed by atoms with Gasteiger partial charge in [0, 0.05) is 12.2 Å². The second-order valence-electron chi connectivity index (χ2n) is 7.30. The highest BCUT2D eigenvalue weighted by molar-refractivity contribution is 8.01. The minimum absolute atomic E-state index is 0.120. The van der Waals surface area contributed by atoms with Gasteiger partial charge < -0.3 is 10.6 Å². The maximum absolute atomic E-state index is 12.2. The van der Waals surface area contributed by atoms with E-state index < -0.39 is 0 Å². The zero-order valence-electron chi connectivity index (χ0n) is 18.2. The summed E-state index contributed by atoms with van der Waals surface area (Å²) < 4.78 is 0.771. The van der Waals surface area contributed by atoms with E-state index in [2.05, 4.69) is 31.0 Å². The van der Waals surface area contributed by atoms with Crippen molar-refractivity contribution in [1.29, 1.82) is 0 Å². The van der Waals surface area contributed by atoms with Crippen LogP contribution in [0.2, 0.25) is 0 Å². The quantitative estimate of drug-likeness (QED) is 0.255. The number of hydrogen-bond donors (Lipinski definition) is 2. The average molecular weight is 491 g/mol. The molecule has 0 spiro atoms. The van der Waals surface area contributed by atoms with Gasteiger partial charge in [-0.25, -0.2) is 0 Å². The molecule has 2 aromatic carbocycles. The molecule has 0 radical (unpaired) electrons. The van der Waals surface area contributed by atoms with E-state index >= 15 is 0 Å². The third kappa shape index (κ3) is 7.46. The molecule has 172 valence electrons. The highest BCUT2D eigenvalue weighted by Crippen LogP contribution is 2.26. The van der Waals surface area contributed by atoms with Gasteiger partial charge in [-0.15, -0.1) is 15.3 Å². The summed E-state index contributed by atoms with van der Waals surface area (Å²) in [6.45, 7) is 0. The SMILES string of the molecule is O=C(Cc1ccccc1)Nc1ccc(CCSc2nnc(NC(=O)Cc3ccccc3)s2)nn1. The van der Waals surface area contributed by atoms with E-state index in [9.17, 15) is 9.59 Å². The molecule has 0 fully saturated rings. The molecule has 10 heteroatoms. The Balaban J connectivity index is 1.18. The zero-order valence-corrected chi connectivity index (χ0v) is 19.8. The van der Waals surface area contributed by atoms with E-state index in [1.54, 1.807) is 6.07 Å². The zero-order chi connectivity index (χ0) is 23.6. The molecule has 0 aliphatic rings. The van der Waals surface area contributed by atoms with Gasteiger partial charge in [-0.05, 0) is 23.3 Å². The van der Waals surface area contributed by atoms with E-state index in [1.807, 2.05) is 66.7 Å². The van der Waals surface area contributed by atoms with Gasteiger partial charge in [0.25, 0.3) is 0 Å². The minimum Gasteiger partial charge on any atom is -0.309 e. The molecule has 0 saturated heterocycles. The summed E-state index contributed by atoms with van der Waals surface area (Å²) >= 11 is 2.88. The molecular weight excluding hydrogens is 468 g/mol. The molecule has 0 aliphatic carbocycles. The van der Waals surface area contributed by atoms with Gasteiger partial charge in [0.15, 0.2) is 10.2 Å². The van der Waals surface area contributed by atoms with E-state index in [0.29, 0.717) is 23.8 Å². The molecule has 4 aromatic rings. The van der Waals surface area contributed by atoms with Gasteiger partial charge in [-0.2, -0.15) is 5.10 Å². The third-order valence-electron chi connectivity index (χ3n) is 4.64. The van der Waals surface area contributed by atoms with E-state index in [0.717, 1.165) is 26.9 Å².